The Kier molecular flexibility index (Phi) is 5.71. The molecule has 1 aliphatic rings. The first kappa shape index (κ1) is 20.4. The monoisotopic (exact) mass is 431 g/mol. The van der Waals surface area contributed by atoms with Crippen LogP contribution in [-0.4, -0.2) is 55.4 Å². The van der Waals surface area contributed by atoms with Gasteiger partial charge in [0.25, 0.3) is 10.0 Å². The Hall–Kier alpha value is -1.86. The van der Waals surface area contributed by atoms with Crippen molar-refractivity contribution in [2.75, 3.05) is 33.2 Å². The summed E-state index contributed by atoms with van der Waals surface area (Å²) in [4.78, 5) is 4.93. The van der Waals surface area contributed by atoms with Gasteiger partial charge in [-0.05, 0) is 68.9 Å². The number of aromatic nitrogens is 1. The standard InChI is InChI=1S/C22H26ClN3O2S/c1-17-15-26(22-7-4-3-6-20(17)22)29(27,28)19-8-9-21(23)18(14-19)16-25-11-5-10-24(2)12-13-25/h3-4,6-9,14-15H,5,10-13,16H2,1-2H3. The Balaban J connectivity index is 1.69. The highest BCUT2D eigenvalue weighted by atomic mass is 35.5. The zero-order chi connectivity index (χ0) is 20.6. The topological polar surface area (TPSA) is 45.6 Å². The number of benzene rings is 2. The summed E-state index contributed by atoms with van der Waals surface area (Å²) in [6.07, 6.45) is 2.79. The van der Waals surface area contributed by atoms with E-state index in [-0.39, 0.29) is 4.90 Å². The smallest absolute Gasteiger partial charge is 0.268 e. The summed E-state index contributed by atoms with van der Waals surface area (Å²) in [5.74, 6) is 0. The molecule has 0 bridgehead atoms. The summed E-state index contributed by atoms with van der Waals surface area (Å²) >= 11 is 6.44. The number of hydrogen-bond donors (Lipinski definition) is 0. The lowest BCUT2D eigenvalue weighted by Crippen LogP contribution is -2.28. The minimum Gasteiger partial charge on any atom is -0.305 e. The van der Waals surface area contributed by atoms with Crippen LogP contribution in [0.5, 0.6) is 0 Å². The van der Waals surface area contributed by atoms with E-state index >= 15 is 0 Å². The molecule has 0 amide bonds. The number of para-hydroxylation sites is 1. The highest BCUT2D eigenvalue weighted by Crippen LogP contribution is 2.28. The van der Waals surface area contributed by atoms with Crippen molar-refractivity contribution in [2.24, 2.45) is 0 Å². The number of aryl methyl sites for hydroxylation is 1. The van der Waals surface area contributed by atoms with Crippen LogP contribution in [0.3, 0.4) is 0 Å². The molecule has 0 spiro atoms. The fourth-order valence-corrected chi connectivity index (χ4v) is 5.61. The van der Waals surface area contributed by atoms with Crippen LogP contribution in [0.1, 0.15) is 17.5 Å². The zero-order valence-electron chi connectivity index (χ0n) is 16.8. The van der Waals surface area contributed by atoms with Crippen molar-refractivity contribution in [3.05, 3.63) is 64.8 Å². The lowest BCUT2D eigenvalue weighted by atomic mass is 10.2. The molecule has 0 atom stereocenters. The molecular formula is C22H26ClN3O2S. The van der Waals surface area contributed by atoms with Crippen LogP contribution in [0, 0.1) is 6.92 Å². The van der Waals surface area contributed by atoms with Gasteiger partial charge >= 0.3 is 0 Å². The van der Waals surface area contributed by atoms with Crippen LogP contribution in [0.25, 0.3) is 10.9 Å². The lowest BCUT2D eigenvalue weighted by Gasteiger charge is -2.21. The first-order valence-electron chi connectivity index (χ1n) is 9.88. The molecule has 1 fully saturated rings. The SMILES string of the molecule is Cc1cn(S(=O)(=O)c2ccc(Cl)c(CN3CCCN(C)CC3)c2)c2ccccc12. The van der Waals surface area contributed by atoms with Crippen LogP contribution < -0.4 is 0 Å². The van der Waals surface area contributed by atoms with Crippen molar-refractivity contribution in [3.8, 4) is 0 Å². The molecule has 0 N–H and O–H groups in total. The van der Waals surface area contributed by atoms with E-state index in [1.165, 1.54) is 3.97 Å². The molecule has 4 rings (SSSR count). The highest BCUT2D eigenvalue weighted by Gasteiger charge is 2.22. The van der Waals surface area contributed by atoms with E-state index in [0.717, 1.165) is 49.1 Å². The Morgan fingerprint density at radius 2 is 1.83 bits per heavy atom. The molecule has 0 unspecified atom stereocenters. The molecule has 0 radical (unpaired) electrons. The van der Waals surface area contributed by atoms with Crippen LogP contribution in [-0.2, 0) is 16.6 Å². The second kappa shape index (κ2) is 8.11. The van der Waals surface area contributed by atoms with Gasteiger partial charge in [0.15, 0.2) is 0 Å². The first-order chi connectivity index (χ1) is 13.9. The van der Waals surface area contributed by atoms with Gasteiger partial charge in [0, 0.05) is 36.2 Å². The normalized spacial score (nSPS) is 16.9. The van der Waals surface area contributed by atoms with Crippen molar-refractivity contribution >= 4 is 32.5 Å². The maximum atomic E-state index is 13.4. The van der Waals surface area contributed by atoms with Crippen molar-refractivity contribution in [2.45, 2.75) is 24.8 Å². The van der Waals surface area contributed by atoms with E-state index < -0.39 is 10.0 Å². The molecule has 0 aliphatic carbocycles. The fourth-order valence-electron chi connectivity index (χ4n) is 3.96. The predicted octanol–water partition coefficient (Wildman–Crippen LogP) is 3.98. The minimum atomic E-state index is -3.71. The summed E-state index contributed by atoms with van der Waals surface area (Å²) in [5, 5.41) is 1.55. The van der Waals surface area contributed by atoms with Crippen LogP contribution in [0.2, 0.25) is 5.02 Å². The minimum absolute atomic E-state index is 0.268. The molecule has 1 aromatic heterocycles. The average Bonchev–Trinajstić information content (AvgIpc) is 2.91. The van der Waals surface area contributed by atoms with E-state index in [1.54, 1.807) is 24.4 Å². The first-order valence-corrected chi connectivity index (χ1v) is 11.7. The van der Waals surface area contributed by atoms with Crippen LogP contribution >= 0.6 is 11.6 Å². The highest BCUT2D eigenvalue weighted by molar-refractivity contribution is 7.90. The van der Waals surface area contributed by atoms with Crippen molar-refractivity contribution in [1.29, 1.82) is 0 Å². The van der Waals surface area contributed by atoms with Gasteiger partial charge < -0.3 is 4.90 Å². The lowest BCUT2D eigenvalue weighted by molar-refractivity contribution is 0.269. The number of likely N-dealkylation sites (N-methyl/N-ethyl adjacent to an activating group) is 1. The number of hydrogen-bond acceptors (Lipinski definition) is 4. The van der Waals surface area contributed by atoms with Crippen LogP contribution in [0.4, 0.5) is 0 Å². The van der Waals surface area contributed by atoms with E-state index in [2.05, 4.69) is 16.8 Å². The van der Waals surface area contributed by atoms with E-state index in [9.17, 15) is 8.42 Å². The molecule has 154 valence electrons. The largest absolute Gasteiger partial charge is 0.305 e. The molecule has 29 heavy (non-hydrogen) atoms. The zero-order valence-corrected chi connectivity index (χ0v) is 18.4. The Labute approximate surface area is 177 Å². The third kappa shape index (κ3) is 4.08. The quantitative estimate of drug-likeness (QED) is 0.626. The third-order valence-corrected chi connectivity index (χ3v) is 7.70. The molecule has 3 aromatic rings. The van der Waals surface area contributed by atoms with Gasteiger partial charge in [-0.25, -0.2) is 12.4 Å². The summed E-state index contributed by atoms with van der Waals surface area (Å²) in [5.41, 5.74) is 2.48. The average molecular weight is 432 g/mol. The van der Waals surface area contributed by atoms with Gasteiger partial charge in [0.2, 0.25) is 0 Å². The van der Waals surface area contributed by atoms with Gasteiger partial charge in [-0.2, -0.15) is 0 Å². The Bertz CT molecular complexity index is 1140. The number of halogens is 1. The van der Waals surface area contributed by atoms with E-state index in [4.69, 9.17) is 11.6 Å². The second-order valence-electron chi connectivity index (χ2n) is 7.82. The molecule has 2 heterocycles. The van der Waals surface area contributed by atoms with Crippen molar-refractivity contribution < 1.29 is 8.42 Å². The molecular weight excluding hydrogens is 406 g/mol. The van der Waals surface area contributed by atoms with Crippen LogP contribution in [0.15, 0.2) is 53.6 Å². The summed E-state index contributed by atoms with van der Waals surface area (Å²) in [7, 11) is -1.58. The van der Waals surface area contributed by atoms with Gasteiger partial charge in [-0.15, -0.1) is 0 Å². The molecule has 1 saturated heterocycles. The number of fused-ring (bicyclic) bond motifs is 1. The molecule has 5 nitrogen and oxygen atoms in total. The summed E-state index contributed by atoms with van der Waals surface area (Å²) in [6, 6.07) is 12.6. The van der Waals surface area contributed by atoms with E-state index in [0.29, 0.717) is 17.1 Å². The molecule has 7 heteroatoms. The maximum absolute atomic E-state index is 13.4. The van der Waals surface area contributed by atoms with Gasteiger partial charge in [-0.1, -0.05) is 29.8 Å². The number of nitrogens with zero attached hydrogens (tertiary/aromatic N) is 3. The number of rotatable bonds is 4. The van der Waals surface area contributed by atoms with E-state index in [1.807, 2.05) is 31.2 Å². The van der Waals surface area contributed by atoms with Crippen molar-refractivity contribution in [1.82, 2.24) is 13.8 Å². The van der Waals surface area contributed by atoms with Crippen molar-refractivity contribution in [3.63, 3.8) is 0 Å². The summed E-state index contributed by atoms with van der Waals surface area (Å²) < 4.78 is 28.2. The summed E-state index contributed by atoms with van der Waals surface area (Å²) in [6.45, 7) is 6.60. The second-order valence-corrected chi connectivity index (χ2v) is 10.0. The van der Waals surface area contributed by atoms with Gasteiger partial charge in [-0.3, -0.25) is 4.90 Å². The maximum Gasteiger partial charge on any atom is 0.268 e. The molecule has 0 saturated carbocycles. The fraction of sp³-hybridized carbons (Fsp3) is 0.364. The predicted molar refractivity (Wildman–Crippen MR) is 118 cm³/mol. The van der Waals surface area contributed by atoms with Gasteiger partial charge in [0.1, 0.15) is 0 Å². The molecule has 2 aromatic carbocycles. The molecule has 1 aliphatic heterocycles. The van der Waals surface area contributed by atoms with Gasteiger partial charge in [0.05, 0.1) is 10.4 Å². The third-order valence-electron chi connectivity index (χ3n) is 5.66. The Morgan fingerprint density at radius 3 is 2.66 bits per heavy atom. The Morgan fingerprint density at radius 1 is 1.03 bits per heavy atom.